The summed E-state index contributed by atoms with van der Waals surface area (Å²) < 4.78 is 32.3. The first-order chi connectivity index (χ1) is 8.15. The van der Waals surface area contributed by atoms with Gasteiger partial charge in [0, 0.05) is 19.4 Å². The number of carbonyl (C=O) groups excluding carboxylic acids is 1. The summed E-state index contributed by atoms with van der Waals surface area (Å²) in [6.45, 7) is 6.35. The van der Waals surface area contributed by atoms with Crippen molar-refractivity contribution in [1.82, 2.24) is 5.32 Å². The van der Waals surface area contributed by atoms with Crippen LogP contribution in [0, 0.1) is 11.3 Å². The molecule has 0 spiro atoms. The van der Waals surface area contributed by atoms with Gasteiger partial charge in [-0.3, -0.25) is 4.79 Å². The quantitative estimate of drug-likeness (QED) is 0.736. The number of hydrogen-bond acceptors (Lipinski definition) is 3. The zero-order valence-electron chi connectivity index (χ0n) is 11.2. The molecule has 18 heavy (non-hydrogen) atoms. The average molecular weight is 261 g/mol. The molecule has 1 aliphatic carbocycles. The van der Waals surface area contributed by atoms with Gasteiger partial charge in [0.15, 0.2) is 0 Å². The van der Waals surface area contributed by atoms with E-state index in [1.165, 1.54) is 0 Å². The molecule has 2 fully saturated rings. The maximum atomic E-state index is 13.4. The number of fused-ring (bicyclic) bond motifs is 1. The van der Waals surface area contributed by atoms with Gasteiger partial charge >= 0.3 is 5.97 Å². The fourth-order valence-electron chi connectivity index (χ4n) is 2.96. The van der Waals surface area contributed by atoms with E-state index in [0.717, 1.165) is 0 Å². The summed E-state index contributed by atoms with van der Waals surface area (Å²) in [7, 11) is 0. The molecular weight excluding hydrogens is 240 g/mol. The van der Waals surface area contributed by atoms with Gasteiger partial charge in [0.05, 0.1) is 5.41 Å². The van der Waals surface area contributed by atoms with Crippen molar-refractivity contribution in [1.29, 1.82) is 0 Å². The van der Waals surface area contributed by atoms with Crippen LogP contribution < -0.4 is 5.32 Å². The predicted octanol–water partition coefficient (Wildman–Crippen LogP) is 2.35. The topological polar surface area (TPSA) is 38.3 Å². The molecule has 5 heteroatoms. The van der Waals surface area contributed by atoms with E-state index in [0.29, 0.717) is 13.1 Å². The van der Waals surface area contributed by atoms with Crippen LogP contribution in [0.5, 0.6) is 0 Å². The number of carbonyl (C=O) groups is 1. The predicted molar refractivity (Wildman–Crippen MR) is 63.4 cm³/mol. The summed E-state index contributed by atoms with van der Waals surface area (Å²) in [6, 6.07) is 0. The van der Waals surface area contributed by atoms with Gasteiger partial charge in [0.2, 0.25) is 5.92 Å². The Morgan fingerprint density at radius 3 is 2.61 bits per heavy atom. The van der Waals surface area contributed by atoms with Gasteiger partial charge in [0.1, 0.15) is 5.60 Å². The second kappa shape index (κ2) is 4.15. The maximum Gasteiger partial charge on any atom is 0.314 e. The van der Waals surface area contributed by atoms with Gasteiger partial charge in [-0.2, -0.15) is 0 Å². The molecule has 2 aliphatic rings. The number of esters is 1. The summed E-state index contributed by atoms with van der Waals surface area (Å²) in [5, 5.41) is 3.08. The lowest BCUT2D eigenvalue weighted by molar-refractivity contribution is -0.177. The summed E-state index contributed by atoms with van der Waals surface area (Å²) in [5.41, 5.74) is -1.31. The molecule has 3 nitrogen and oxygen atoms in total. The zero-order valence-corrected chi connectivity index (χ0v) is 11.2. The Balaban J connectivity index is 2.17. The Kier molecular flexibility index (Phi) is 3.16. The third-order valence-electron chi connectivity index (χ3n) is 3.90. The molecule has 1 saturated carbocycles. The Bertz CT molecular complexity index is 351. The van der Waals surface area contributed by atoms with Crippen LogP contribution in [0.1, 0.15) is 40.0 Å². The van der Waals surface area contributed by atoms with Crippen LogP contribution in [0.2, 0.25) is 0 Å². The van der Waals surface area contributed by atoms with Crippen molar-refractivity contribution in [2.75, 3.05) is 13.1 Å². The van der Waals surface area contributed by atoms with Crippen LogP contribution in [0.25, 0.3) is 0 Å². The van der Waals surface area contributed by atoms with Crippen molar-refractivity contribution in [2.45, 2.75) is 51.6 Å². The molecule has 104 valence electrons. The molecule has 1 saturated heterocycles. The minimum Gasteiger partial charge on any atom is -0.459 e. The van der Waals surface area contributed by atoms with Crippen LogP contribution in [0.15, 0.2) is 0 Å². The van der Waals surface area contributed by atoms with Crippen LogP contribution in [-0.4, -0.2) is 30.6 Å². The molecule has 1 aliphatic heterocycles. The van der Waals surface area contributed by atoms with Crippen molar-refractivity contribution >= 4 is 5.97 Å². The zero-order chi connectivity index (χ0) is 13.6. The Labute approximate surface area is 106 Å². The highest BCUT2D eigenvalue weighted by atomic mass is 19.3. The smallest absolute Gasteiger partial charge is 0.314 e. The first kappa shape index (κ1) is 13.7. The van der Waals surface area contributed by atoms with Crippen LogP contribution in [-0.2, 0) is 9.53 Å². The second-order valence-electron chi connectivity index (χ2n) is 6.55. The van der Waals surface area contributed by atoms with Gasteiger partial charge in [-0.05, 0) is 39.7 Å². The maximum absolute atomic E-state index is 13.4. The van der Waals surface area contributed by atoms with Crippen LogP contribution in [0.3, 0.4) is 0 Å². The van der Waals surface area contributed by atoms with Crippen molar-refractivity contribution in [3.63, 3.8) is 0 Å². The monoisotopic (exact) mass is 261 g/mol. The van der Waals surface area contributed by atoms with Gasteiger partial charge < -0.3 is 10.1 Å². The Hall–Kier alpha value is -0.710. The lowest BCUT2D eigenvalue weighted by Gasteiger charge is -2.41. The fourth-order valence-corrected chi connectivity index (χ4v) is 2.96. The molecule has 0 bridgehead atoms. The molecular formula is C13H21F2NO2. The molecule has 0 aromatic rings. The molecule has 1 N–H and O–H groups in total. The van der Waals surface area contributed by atoms with E-state index in [2.05, 4.69) is 5.32 Å². The van der Waals surface area contributed by atoms with Gasteiger partial charge in [-0.25, -0.2) is 8.78 Å². The summed E-state index contributed by atoms with van der Waals surface area (Å²) >= 11 is 0. The lowest BCUT2D eigenvalue weighted by Crippen LogP contribution is -2.48. The second-order valence-corrected chi connectivity index (χ2v) is 6.55. The summed E-state index contributed by atoms with van der Waals surface area (Å²) in [5.74, 6) is -3.26. The van der Waals surface area contributed by atoms with E-state index >= 15 is 0 Å². The largest absolute Gasteiger partial charge is 0.459 e. The van der Waals surface area contributed by atoms with E-state index < -0.39 is 16.9 Å². The Morgan fingerprint density at radius 2 is 2.00 bits per heavy atom. The molecule has 0 aromatic carbocycles. The van der Waals surface area contributed by atoms with Crippen molar-refractivity contribution in [2.24, 2.45) is 11.3 Å². The minimum atomic E-state index is -2.64. The van der Waals surface area contributed by atoms with E-state index in [1.807, 2.05) is 0 Å². The standard InChI is InChI=1S/C13H21F2NO2/c1-11(2,3)18-10(17)12-4-5-13(14,15)6-9(12)7-16-8-12/h9,16H,4-8H2,1-3H3. The number of alkyl halides is 2. The normalized spacial score (nSPS) is 35.1. The first-order valence-electron chi connectivity index (χ1n) is 6.47. The van der Waals surface area contributed by atoms with E-state index in [-0.39, 0.29) is 31.1 Å². The molecule has 0 aromatic heterocycles. The highest BCUT2D eigenvalue weighted by Crippen LogP contribution is 2.50. The number of rotatable bonds is 1. The van der Waals surface area contributed by atoms with E-state index in [4.69, 9.17) is 4.74 Å². The molecule has 2 rings (SSSR count). The number of hydrogen-bond donors (Lipinski definition) is 1. The highest BCUT2D eigenvalue weighted by molar-refractivity contribution is 5.78. The van der Waals surface area contributed by atoms with Crippen LogP contribution in [0.4, 0.5) is 8.78 Å². The SMILES string of the molecule is CC(C)(C)OC(=O)C12CCC(F)(F)CC1CNC2. The highest BCUT2D eigenvalue weighted by Gasteiger charge is 2.57. The third kappa shape index (κ3) is 2.51. The average Bonchev–Trinajstić information content (AvgIpc) is 2.57. The van der Waals surface area contributed by atoms with Gasteiger partial charge in [-0.1, -0.05) is 0 Å². The first-order valence-corrected chi connectivity index (χ1v) is 6.47. The van der Waals surface area contributed by atoms with Crippen molar-refractivity contribution in [3.05, 3.63) is 0 Å². The summed E-state index contributed by atoms with van der Waals surface area (Å²) in [6.07, 6.45) is -0.212. The van der Waals surface area contributed by atoms with Crippen molar-refractivity contribution in [3.8, 4) is 0 Å². The molecule has 2 unspecified atom stereocenters. The number of ether oxygens (including phenoxy) is 1. The fraction of sp³-hybridized carbons (Fsp3) is 0.923. The molecule has 0 amide bonds. The van der Waals surface area contributed by atoms with Gasteiger partial charge in [0.25, 0.3) is 0 Å². The lowest BCUT2D eigenvalue weighted by atomic mass is 9.67. The number of halogens is 2. The summed E-state index contributed by atoms with van der Waals surface area (Å²) in [4.78, 5) is 12.3. The third-order valence-corrected chi connectivity index (χ3v) is 3.90. The number of nitrogens with one attached hydrogen (secondary N) is 1. The van der Waals surface area contributed by atoms with Crippen molar-refractivity contribution < 1.29 is 18.3 Å². The minimum absolute atomic E-state index is 0.209. The van der Waals surface area contributed by atoms with Crippen LogP contribution >= 0.6 is 0 Å². The van der Waals surface area contributed by atoms with E-state index in [9.17, 15) is 13.6 Å². The molecule has 0 radical (unpaired) electrons. The van der Waals surface area contributed by atoms with Gasteiger partial charge in [-0.15, -0.1) is 0 Å². The van der Waals surface area contributed by atoms with E-state index in [1.54, 1.807) is 20.8 Å². The Morgan fingerprint density at radius 1 is 1.33 bits per heavy atom. The molecule has 2 atom stereocenters. The molecule has 1 heterocycles.